The van der Waals surface area contributed by atoms with Crippen LogP contribution < -0.4 is 5.73 Å². The molecule has 0 saturated heterocycles. The van der Waals surface area contributed by atoms with Crippen molar-refractivity contribution in [1.82, 2.24) is 4.98 Å². The first-order valence-corrected chi connectivity index (χ1v) is 7.29. The zero-order valence-electron chi connectivity index (χ0n) is 11.0. The highest BCUT2D eigenvalue weighted by atomic mass is 32.1. The molecule has 1 aromatic heterocycles. The fraction of sp³-hybridized carbons (Fsp3) is 0.400. The van der Waals surface area contributed by atoms with Crippen LogP contribution in [0.25, 0.3) is 11.3 Å². The average Bonchev–Trinajstić information content (AvgIpc) is 2.82. The topological polar surface area (TPSA) is 38.9 Å². The third-order valence-electron chi connectivity index (χ3n) is 2.86. The minimum atomic E-state index is 0.518. The van der Waals surface area contributed by atoms with E-state index in [1.54, 1.807) is 0 Å². The van der Waals surface area contributed by atoms with Crippen molar-refractivity contribution in [3.63, 3.8) is 0 Å². The minimum absolute atomic E-state index is 0.518. The first-order valence-electron chi connectivity index (χ1n) is 6.47. The molecule has 2 rings (SSSR count). The molecular weight excluding hydrogens is 240 g/mol. The number of benzene rings is 1. The van der Waals surface area contributed by atoms with E-state index in [2.05, 4.69) is 38.1 Å². The Balaban J connectivity index is 2.36. The molecule has 0 bridgehead atoms. The van der Waals surface area contributed by atoms with Crippen molar-refractivity contribution in [3.05, 3.63) is 40.2 Å². The number of aryl methyl sites for hydroxylation is 1. The molecule has 1 aromatic carbocycles. The van der Waals surface area contributed by atoms with Gasteiger partial charge in [0, 0.05) is 16.9 Å². The average molecular weight is 260 g/mol. The molecule has 0 amide bonds. The maximum Gasteiger partial charge on any atom is 0.0936 e. The number of hydrogen-bond donors (Lipinski definition) is 1. The predicted molar refractivity (Wildman–Crippen MR) is 79.0 cm³/mol. The van der Waals surface area contributed by atoms with E-state index in [1.165, 1.54) is 15.4 Å². The zero-order valence-corrected chi connectivity index (χ0v) is 11.8. The van der Waals surface area contributed by atoms with Crippen LogP contribution in [0.3, 0.4) is 0 Å². The first kappa shape index (κ1) is 13.2. The van der Waals surface area contributed by atoms with Crippen LogP contribution in [-0.2, 0) is 6.42 Å². The van der Waals surface area contributed by atoms with Gasteiger partial charge in [-0.05, 0) is 18.9 Å². The maximum absolute atomic E-state index is 5.57. The molecule has 2 nitrogen and oxygen atoms in total. The highest BCUT2D eigenvalue weighted by Crippen LogP contribution is 2.34. The van der Waals surface area contributed by atoms with Crippen LogP contribution >= 0.6 is 11.3 Å². The lowest BCUT2D eigenvalue weighted by atomic mass is 10.1. The van der Waals surface area contributed by atoms with Crippen LogP contribution in [0.5, 0.6) is 0 Å². The molecule has 1 heterocycles. The van der Waals surface area contributed by atoms with Crippen LogP contribution in [0, 0.1) is 0 Å². The standard InChI is InChI=1S/C15H20N2S/c1-11(2)15-14(12-7-4-3-5-8-12)17-13(18-15)9-6-10-16/h3-5,7-8,11H,6,9-10,16H2,1-2H3. The minimum Gasteiger partial charge on any atom is -0.330 e. The van der Waals surface area contributed by atoms with Crippen LogP contribution in [0.4, 0.5) is 0 Å². The van der Waals surface area contributed by atoms with E-state index in [1.807, 2.05) is 17.4 Å². The third-order valence-corrected chi connectivity index (χ3v) is 4.28. The monoisotopic (exact) mass is 260 g/mol. The summed E-state index contributed by atoms with van der Waals surface area (Å²) in [7, 11) is 0. The van der Waals surface area contributed by atoms with E-state index in [9.17, 15) is 0 Å². The molecule has 0 aliphatic heterocycles. The van der Waals surface area contributed by atoms with Crippen molar-refractivity contribution < 1.29 is 0 Å². The summed E-state index contributed by atoms with van der Waals surface area (Å²) in [6.07, 6.45) is 2.01. The summed E-state index contributed by atoms with van der Waals surface area (Å²) in [5, 5.41) is 1.21. The Hall–Kier alpha value is -1.19. The summed E-state index contributed by atoms with van der Waals surface area (Å²) in [5.41, 5.74) is 7.94. The second-order valence-electron chi connectivity index (χ2n) is 4.73. The molecule has 0 unspecified atom stereocenters. The number of rotatable bonds is 5. The van der Waals surface area contributed by atoms with Gasteiger partial charge in [0.05, 0.1) is 10.7 Å². The smallest absolute Gasteiger partial charge is 0.0936 e. The lowest BCUT2D eigenvalue weighted by molar-refractivity contribution is 0.826. The molecule has 0 saturated carbocycles. The zero-order chi connectivity index (χ0) is 13.0. The molecule has 3 heteroatoms. The number of nitrogens with two attached hydrogens (primary N) is 1. The summed E-state index contributed by atoms with van der Waals surface area (Å²) >= 11 is 1.84. The largest absolute Gasteiger partial charge is 0.330 e. The van der Waals surface area contributed by atoms with Crippen molar-refractivity contribution in [3.8, 4) is 11.3 Å². The van der Waals surface area contributed by atoms with E-state index >= 15 is 0 Å². The van der Waals surface area contributed by atoms with Crippen LogP contribution in [0.15, 0.2) is 30.3 Å². The van der Waals surface area contributed by atoms with Crippen LogP contribution in [-0.4, -0.2) is 11.5 Å². The Morgan fingerprint density at radius 2 is 1.94 bits per heavy atom. The van der Waals surface area contributed by atoms with Gasteiger partial charge in [-0.3, -0.25) is 0 Å². The molecule has 0 spiro atoms. The Bertz CT molecular complexity index is 488. The normalized spacial score (nSPS) is 11.1. The first-order chi connectivity index (χ1) is 8.72. The van der Waals surface area contributed by atoms with Crippen LogP contribution in [0.1, 0.15) is 36.1 Å². The lowest BCUT2D eigenvalue weighted by Crippen LogP contribution is -1.99. The second kappa shape index (κ2) is 6.12. The predicted octanol–water partition coefficient (Wildman–Crippen LogP) is 3.82. The van der Waals surface area contributed by atoms with Gasteiger partial charge in [-0.15, -0.1) is 11.3 Å². The van der Waals surface area contributed by atoms with Gasteiger partial charge < -0.3 is 5.73 Å². The maximum atomic E-state index is 5.57. The fourth-order valence-corrected chi connectivity index (χ4v) is 3.07. The van der Waals surface area contributed by atoms with Gasteiger partial charge in [0.2, 0.25) is 0 Å². The van der Waals surface area contributed by atoms with Gasteiger partial charge in [0.15, 0.2) is 0 Å². The molecule has 0 radical (unpaired) electrons. The molecular formula is C15H20N2S. The summed E-state index contributed by atoms with van der Waals surface area (Å²) in [4.78, 5) is 6.18. The van der Waals surface area contributed by atoms with Gasteiger partial charge in [-0.1, -0.05) is 44.2 Å². The van der Waals surface area contributed by atoms with Gasteiger partial charge in [0.25, 0.3) is 0 Å². The summed E-state index contributed by atoms with van der Waals surface area (Å²) < 4.78 is 0. The van der Waals surface area contributed by atoms with Crippen molar-refractivity contribution in [2.45, 2.75) is 32.6 Å². The van der Waals surface area contributed by atoms with Crippen molar-refractivity contribution >= 4 is 11.3 Å². The molecule has 2 N–H and O–H groups in total. The highest BCUT2D eigenvalue weighted by molar-refractivity contribution is 7.12. The van der Waals surface area contributed by atoms with E-state index in [-0.39, 0.29) is 0 Å². The lowest BCUT2D eigenvalue weighted by Gasteiger charge is -2.04. The number of hydrogen-bond acceptors (Lipinski definition) is 3. The van der Waals surface area contributed by atoms with E-state index < -0.39 is 0 Å². The third kappa shape index (κ3) is 2.98. The van der Waals surface area contributed by atoms with E-state index in [0.717, 1.165) is 25.1 Å². The number of thiazole rings is 1. The fourth-order valence-electron chi connectivity index (χ4n) is 1.93. The van der Waals surface area contributed by atoms with Gasteiger partial charge in [-0.25, -0.2) is 4.98 Å². The number of aromatic nitrogens is 1. The molecule has 18 heavy (non-hydrogen) atoms. The van der Waals surface area contributed by atoms with Crippen LogP contribution in [0.2, 0.25) is 0 Å². The van der Waals surface area contributed by atoms with E-state index in [0.29, 0.717) is 5.92 Å². The van der Waals surface area contributed by atoms with Gasteiger partial charge in [-0.2, -0.15) is 0 Å². The van der Waals surface area contributed by atoms with Crippen molar-refractivity contribution in [2.75, 3.05) is 6.54 Å². The van der Waals surface area contributed by atoms with Crippen molar-refractivity contribution in [2.24, 2.45) is 5.73 Å². The second-order valence-corrected chi connectivity index (χ2v) is 5.85. The molecule has 0 atom stereocenters. The highest BCUT2D eigenvalue weighted by Gasteiger charge is 2.15. The molecule has 2 aromatic rings. The molecule has 0 fully saturated rings. The Morgan fingerprint density at radius 3 is 2.56 bits per heavy atom. The number of nitrogens with zero attached hydrogens (tertiary/aromatic N) is 1. The summed E-state index contributed by atoms with van der Waals surface area (Å²) in [5.74, 6) is 0.518. The quantitative estimate of drug-likeness (QED) is 0.887. The Morgan fingerprint density at radius 1 is 1.22 bits per heavy atom. The molecule has 96 valence electrons. The van der Waals surface area contributed by atoms with Crippen molar-refractivity contribution in [1.29, 1.82) is 0 Å². The summed E-state index contributed by atoms with van der Waals surface area (Å²) in [6.45, 7) is 5.19. The summed E-state index contributed by atoms with van der Waals surface area (Å²) in [6, 6.07) is 10.4. The van der Waals surface area contributed by atoms with Gasteiger partial charge >= 0.3 is 0 Å². The van der Waals surface area contributed by atoms with Gasteiger partial charge in [0.1, 0.15) is 0 Å². The molecule has 0 aliphatic rings. The Kier molecular flexibility index (Phi) is 4.50. The Labute approximate surface area is 113 Å². The molecule has 0 aliphatic carbocycles. The van der Waals surface area contributed by atoms with E-state index in [4.69, 9.17) is 10.7 Å². The SMILES string of the molecule is CC(C)c1sc(CCCN)nc1-c1ccccc1.